The summed E-state index contributed by atoms with van der Waals surface area (Å²) in [7, 11) is 0. The Hall–Kier alpha value is -1.93. The Labute approximate surface area is 134 Å². The first-order valence-electron chi connectivity index (χ1n) is 6.25. The Bertz CT molecular complexity index is 651. The van der Waals surface area contributed by atoms with E-state index in [2.05, 4.69) is 10.0 Å². The molecule has 1 aromatic carbocycles. The Morgan fingerprint density at radius 2 is 2.00 bits per heavy atom. The highest BCUT2D eigenvalue weighted by Gasteiger charge is 2.33. The molecule has 0 saturated carbocycles. The lowest BCUT2D eigenvalue weighted by Gasteiger charge is -2.11. The van der Waals surface area contributed by atoms with Crippen molar-refractivity contribution in [1.82, 2.24) is 4.90 Å². The van der Waals surface area contributed by atoms with Crippen molar-refractivity contribution >= 4 is 46.0 Å². The average Bonchev–Trinajstić information content (AvgIpc) is 2.78. The van der Waals surface area contributed by atoms with Gasteiger partial charge in [0.2, 0.25) is 17.7 Å². The van der Waals surface area contributed by atoms with Gasteiger partial charge in [0.1, 0.15) is 0 Å². The number of aryl methyl sites for hydroxylation is 1. The molecule has 108 valence electrons. The zero-order chi connectivity index (χ0) is 15.4. The number of azide groups is 1. The van der Waals surface area contributed by atoms with Crippen molar-refractivity contribution < 1.29 is 14.4 Å². The van der Waals surface area contributed by atoms with E-state index in [0.29, 0.717) is 12.1 Å². The number of hydrogen-bond acceptors (Lipinski definition) is 4. The minimum Gasteiger partial charge on any atom is -0.274 e. The van der Waals surface area contributed by atoms with E-state index in [1.807, 2.05) is 28.7 Å². The molecule has 0 atom stereocenters. The van der Waals surface area contributed by atoms with E-state index in [9.17, 15) is 14.4 Å². The van der Waals surface area contributed by atoms with Gasteiger partial charge in [-0.3, -0.25) is 14.4 Å². The van der Waals surface area contributed by atoms with Crippen molar-refractivity contribution in [3.8, 4) is 0 Å². The van der Waals surface area contributed by atoms with Crippen LogP contribution in [-0.2, 0) is 20.8 Å². The van der Waals surface area contributed by atoms with Gasteiger partial charge in [-0.2, -0.15) is 0 Å². The molecule has 1 aliphatic rings. The zero-order valence-corrected chi connectivity index (χ0v) is 13.1. The van der Waals surface area contributed by atoms with Gasteiger partial charge in [-0.25, -0.2) is 4.90 Å². The van der Waals surface area contributed by atoms with Gasteiger partial charge >= 0.3 is 0 Å². The first-order chi connectivity index (χ1) is 10.0. The molecule has 8 heteroatoms. The molecule has 1 aromatic rings. The number of benzene rings is 1. The second-order valence-corrected chi connectivity index (χ2v) is 5.65. The van der Waals surface area contributed by atoms with Crippen LogP contribution in [0.3, 0.4) is 0 Å². The van der Waals surface area contributed by atoms with Crippen LogP contribution in [0.2, 0.25) is 0 Å². The molecule has 1 aliphatic heterocycles. The molecule has 0 aromatic heterocycles. The molecule has 0 aliphatic carbocycles. The fourth-order valence-electron chi connectivity index (χ4n) is 2.05. The van der Waals surface area contributed by atoms with E-state index in [-0.39, 0.29) is 19.3 Å². The molecule has 1 fully saturated rings. The van der Waals surface area contributed by atoms with Gasteiger partial charge in [-0.1, -0.05) is 17.2 Å². The van der Waals surface area contributed by atoms with Crippen LogP contribution in [0.15, 0.2) is 23.3 Å². The molecular formula is C13H11IN4O3. The summed E-state index contributed by atoms with van der Waals surface area (Å²) in [4.78, 5) is 38.3. The highest BCUT2D eigenvalue weighted by atomic mass is 127. The van der Waals surface area contributed by atoms with Crippen LogP contribution in [0.1, 0.15) is 24.8 Å². The quantitative estimate of drug-likeness (QED) is 0.256. The number of nitrogens with zero attached hydrogens (tertiary/aromatic N) is 4. The topological polar surface area (TPSA) is 103 Å². The Balaban J connectivity index is 2.01. The number of imide groups is 3. The van der Waals surface area contributed by atoms with E-state index in [1.54, 1.807) is 12.1 Å². The second-order valence-electron chi connectivity index (χ2n) is 4.49. The standard InChI is InChI=1S/C13H11IN4O3/c14-9-7-8(1-3-10(9)16-17-15)2-4-11(19)18-12(20)5-6-13(18)21/h1,3,7H,2,4-6H2. The zero-order valence-electron chi connectivity index (χ0n) is 11.0. The highest BCUT2D eigenvalue weighted by molar-refractivity contribution is 14.1. The molecule has 3 amide bonds. The molecule has 0 N–H and O–H groups in total. The summed E-state index contributed by atoms with van der Waals surface area (Å²) in [5.41, 5.74) is 9.81. The summed E-state index contributed by atoms with van der Waals surface area (Å²) in [5.74, 6) is -1.30. The summed E-state index contributed by atoms with van der Waals surface area (Å²) in [6, 6.07) is 5.24. The normalized spacial score (nSPS) is 14.2. The fraction of sp³-hybridized carbons (Fsp3) is 0.308. The van der Waals surface area contributed by atoms with Crippen molar-refractivity contribution in [2.75, 3.05) is 0 Å². The molecule has 0 unspecified atom stereocenters. The van der Waals surface area contributed by atoms with Crippen LogP contribution in [-0.4, -0.2) is 22.6 Å². The van der Waals surface area contributed by atoms with Gasteiger partial charge in [0, 0.05) is 27.7 Å². The summed E-state index contributed by atoms with van der Waals surface area (Å²) in [5, 5.41) is 3.53. The minimum atomic E-state index is -0.461. The number of rotatable bonds is 4. The maximum absolute atomic E-state index is 11.9. The van der Waals surface area contributed by atoms with Crippen LogP contribution >= 0.6 is 22.6 Å². The van der Waals surface area contributed by atoms with Crippen LogP contribution < -0.4 is 0 Å². The van der Waals surface area contributed by atoms with E-state index in [0.717, 1.165) is 14.0 Å². The van der Waals surface area contributed by atoms with E-state index >= 15 is 0 Å². The highest BCUT2D eigenvalue weighted by Crippen LogP contribution is 2.23. The van der Waals surface area contributed by atoms with Gasteiger partial charge < -0.3 is 0 Å². The average molecular weight is 398 g/mol. The largest absolute Gasteiger partial charge is 0.274 e. The third kappa shape index (κ3) is 3.59. The molecular weight excluding hydrogens is 387 g/mol. The molecule has 1 heterocycles. The van der Waals surface area contributed by atoms with Gasteiger partial charge in [0.25, 0.3) is 0 Å². The molecule has 0 spiro atoms. The summed E-state index contributed by atoms with van der Waals surface area (Å²) >= 11 is 2.04. The number of likely N-dealkylation sites (tertiary alicyclic amines) is 1. The van der Waals surface area contributed by atoms with Crippen molar-refractivity contribution in [3.05, 3.63) is 37.8 Å². The van der Waals surface area contributed by atoms with Crippen molar-refractivity contribution in [2.24, 2.45) is 5.11 Å². The number of halogens is 1. The first kappa shape index (κ1) is 15.5. The third-order valence-electron chi connectivity index (χ3n) is 3.09. The SMILES string of the molecule is [N-]=[N+]=Nc1ccc(CCC(=O)N2C(=O)CCC2=O)cc1I. The number of amides is 3. The predicted octanol–water partition coefficient (Wildman–Crippen LogP) is 2.84. The first-order valence-corrected chi connectivity index (χ1v) is 7.33. The third-order valence-corrected chi connectivity index (χ3v) is 3.96. The molecule has 7 nitrogen and oxygen atoms in total. The van der Waals surface area contributed by atoms with Crippen molar-refractivity contribution in [3.63, 3.8) is 0 Å². The van der Waals surface area contributed by atoms with Crippen molar-refractivity contribution in [2.45, 2.75) is 25.7 Å². The Morgan fingerprint density at radius 1 is 1.33 bits per heavy atom. The fourth-order valence-corrected chi connectivity index (χ4v) is 2.74. The lowest BCUT2D eigenvalue weighted by atomic mass is 10.1. The number of hydrogen-bond donors (Lipinski definition) is 0. The number of carbonyl (C=O) groups excluding carboxylic acids is 3. The lowest BCUT2D eigenvalue weighted by molar-refractivity contribution is -0.149. The molecule has 0 bridgehead atoms. The summed E-state index contributed by atoms with van der Waals surface area (Å²) in [6.45, 7) is 0. The van der Waals surface area contributed by atoms with Gasteiger partial charge in [0.15, 0.2) is 0 Å². The van der Waals surface area contributed by atoms with Crippen LogP contribution in [0.4, 0.5) is 5.69 Å². The Morgan fingerprint density at radius 3 is 2.57 bits per heavy atom. The molecule has 2 rings (SSSR count). The van der Waals surface area contributed by atoms with Crippen molar-refractivity contribution in [1.29, 1.82) is 0 Å². The van der Waals surface area contributed by atoms with Crippen LogP contribution in [0.25, 0.3) is 10.4 Å². The summed E-state index contributed by atoms with van der Waals surface area (Å²) < 4.78 is 0.781. The molecule has 1 saturated heterocycles. The van der Waals surface area contributed by atoms with E-state index in [4.69, 9.17) is 5.53 Å². The van der Waals surface area contributed by atoms with Gasteiger partial charge in [-0.05, 0) is 46.2 Å². The predicted molar refractivity (Wildman–Crippen MR) is 82.4 cm³/mol. The summed E-state index contributed by atoms with van der Waals surface area (Å²) in [6.07, 6.45) is 0.740. The van der Waals surface area contributed by atoms with Crippen LogP contribution in [0.5, 0.6) is 0 Å². The second kappa shape index (κ2) is 6.68. The Kier molecular flexibility index (Phi) is 4.92. The van der Waals surface area contributed by atoms with Crippen LogP contribution in [0, 0.1) is 3.57 Å². The van der Waals surface area contributed by atoms with E-state index < -0.39 is 17.7 Å². The smallest absolute Gasteiger partial charge is 0.236 e. The molecule has 0 radical (unpaired) electrons. The van der Waals surface area contributed by atoms with E-state index in [1.165, 1.54) is 0 Å². The minimum absolute atomic E-state index is 0.0917. The van der Waals surface area contributed by atoms with Gasteiger partial charge in [-0.15, -0.1) is 0 Å². The monoisotopic (exact) mass is 398 g/mol. The maximum atomic E-state index is 11.9. The lowest BCUT2D eigenvalue weighted by Crippen LogP contribution is -2.35. The van der Waals surface area contributed by atoms with Gasteiger partial charge in [0.05, 0.1) is 5.69 Å². The number of carbonyl (C=O) groups is 3. The maximum Gasteiger partial charge on any atom is 0.236 e. The molecule has 21 heavy (non-hydrogen) atoms.